The molecule has 0 aliphatic heterocycles. The second kappa shape index (κ2) is 4.16. The first-order valence-corrected chi connectivity index (χ1v) is 3.81. The van der Waals surface area contributed by atoms with E-state index in [9.17, 15) is 0 Å². The molecule has 4 nitrogen and oxygen atoms in total. The van der Waals surface area contributed by atoms with Crippen LogP contribution < -0.4 is 9.39 Å². The molecule has 2 N–H and O–H groups in total. The van der Waals surface area contributed by atoms with E-state index in [2.05, 4.69) is 4.65 Å². The Labute approximate surface area is 76.9 Å². The first kappa shape index (κ1) is 9.89. The average molecular weight is 182 g/mol. The van der Waals surface area contributed by atoms with Gasteiger partial charge in [-0.05, 0) is 24.6 Å². The summed E-state index contributed by atoms with van der Waals surface area (Å²) in [6, 6.07) is 5.16. The topological polar surface area (TPSA) is 58.9 Å². The first-order chi connectivity index (χ1) is 6.13. The summed E-state index contributed by atoms with van der Waals surface area (Å²) in [6.45, 7) is 1.90. The van der Waals surface area contributed by atoms with Crippen molar-refractivity contribution >= 4 is 7.32 Å². The smallest absolute Gasteiger partial charge is 0.509 e. The van der Waals surface area contributed by atoms with Crippen molar-refractivity contribution < 1.29 is 19.4 Å². The molecule has 0 fully saturated rings. The standard InChI is InChI=1S/C8H11BO4/c1-6-3-4-7(13-9(10)11)8(5-6)12-2/h3-5,10-11H,1-2H3. The molecule has 0 unspecified atom stereocenters. The Kier molecular flexibility index (Phi) is 3.16. The maximum Gasteiger partial charge on any atom is 0.707 e. The van der Waals surface area contributed by atoms with Crippen LogP contribution in [0.15, 0.2) is 18.2 Å². The van der Waals surface area contributed by atoms with E-state index in [0.29, 0.717) is 11.5 Å². The molecule has 1 aromatic rings. The van der Waals surface area contributed by atoms with Crippen LogP contribution in [0.25, 0.3) is 0 Å². The van der Waals surface area contributed by atoms with Gasteiger partial charge in [0.2, 0.25) is 0 Å². The third-order valence-corrected chi connectivity index (χ3v) is 1.55. The fraction of sp³-hybridized carbons (Fsp3) is 0.250. The summed E-state index contributed by atoms with van der Waals surface area (Å²) >= 11 is 0. The summed E-state index contributed by atoms with van der Waals surface area (Å²) in [7, 11) is -0.331. The SMILES string of the molecule is COc1cc(C)ccc1OB(O)O. The molecule has 0 bridgehead atoms. The monoisotopic (exact) mass is 182 g/mol. The number of hydrogen-bond donors (Lipinski definition) is 2. The van der Waals surface area contributed by atoms with Crippen LogP contribution in [0.4, 0.5) is 0 Å². The summed E-state index contributed by atoms with van der Waals surface area (Å²) in [5.41, 5.74) is 1.01. The minimum atomic E-state index is -1.82. The summed E-state index contributed by atoms with van der Waals surface area (Å²) in [5, 5.41) is 17.1. The number of rotatable bonds is 3. The van der Waals surface area contributed by atoms with Crippen molar-refractivity contribution in [2.75, 3.05) is 7.11 Å². The molecule has 0 spiro atoms. The second-order valence-corrected chi connectivity index (χ2v) is 2.60. The predicted molar refractivity (Wildman–Crippen MR) is 48.6 cm³/mol. The van der Waals surface area contributed by atoms with Gasteiger partial charge in [-0.25, -0.2) is 0 Å². The highest BCUT2D eigenvalue weighted by Gasteiger charge is 2.14. The quantitative estimate of drug-likeness (QED) is 0.662. The lowest BCUT2D eigenvalue weighted by molar-refractivity contribution is 0.279. The Morgan fingerprint density at radius 3 is 2.46 bits per heavy atom. The van der Waals surface area contributed by atoms with Gasteiger partial charge < -0.3 is 19.4 Å². The molecule has 0 saturated heterocycles. The van der Waals surface area contributed by atoms with Gasteiger partial charge in [-0.1, -0.05) is 6.07 Å². The third kappa shape index (κ3) is 2.64. The van der Waals surface area contributed by atoms with Crippen LogP contribution in [-0.2, 0) is 0 Å². The molecule has 1 rings (SSSR count). The number of aryl methyl sites for hydroxylation is 1. The van der Waals surface area contributed by atoms with E-state index in [1.54, 1.807) is 18.2 Å². The molecule has 0 aliphatic rings. The van der Waals surface area contributed by atoms with E-state index in [-0.39, 0.29) is 0 Å². The van der Waals surface area contributed by atoms with Gasteiger partial charge in [0.25, 0.3) is 0 Å². The summed E-state index contributed by atoms with van der Waals surface area (Å²) in [5.74, 6) is 0.788. The molecule has 0 radical (unpaired) electrons. The van der Waals surface area contributed by atoms with E-state index < -0.39 is 7.32 Å². The Balaban J connectivity index is 2.92. The normalized spacial score (nSPS) is 9.54. The van der Waals surface area contributed by atoms with Crippen LogP contribution in [0.2, 0.25) is 0 Å². The number of ether oxygens (including phenoxy) is 1. The lowest BCUT2D eigenvalue weighted by atomic mass is 10.2. The molecular weight excluding hydrogens is 171 g/mol. The molecule has 0 aliphatic carbocycles. The van der Waals surface area contributed by atoms with E-state index in [0.717, 1.165) is 5.56 Å². The molecular formula is C8H11BO4. The van der Waals surface area contributed by atoms with Gasteiger partial charge in [0.15, 0.2) is 5.75 Å². The van der Waals surface area contributed by atoms with Gasteiger partial charge in [0.05, 0.1) is 7.11 Å². The van der Waals surface area contributed by atoms with E-state index in [4.69, 9.17) is 14.8 Å². The number of hydrogen-bond acceptors (Lipinski definition) is 4. The average Bonchev–Trinajstić information content (AvgIpc) is 2.07. The maximum atomic E-state index is 8.57. The summed E-state index contributed by atoms with van der Waals surface area (Å²) < 4.78 is 9.66. The van der Waals surface area contributed by atoms with Crippen molar-refractivity contribution in [3.05, 3.63) is 23.8 Å². The van der Waals surface area contributed by atoms with Crippen molar-refractivity contribution in [3.8, 4) is 11.5 Å². The van der Waals surface area contributed by atoms with Gasteiger partial charge >= 0.3 is 7.32 Å². The molecule has 0 heterocycles. The number of benzene rings is 1. The molecule has 1 aromatic carbocycles. The molecule has 13 heavy (non-hydrogen) atoms. The zero-order chi connectivity index (χ0) is 9.84. The predicted octanol–water partition coefficient (Wildman–Crippen LogP) is 0.352. The lowest BCUT2D eigenvalue weighted by Gasteiger charge is -2.10. The molecule has 70 valence electrons. The summed E-state index contributed by atoms with van der Waals surface area (Å²) in [6.07, 6.45) is 0. The minimum Gasteiger partial charge on any atom is -0.509 e. The minimum absolute atomic E-state index is 0.308. The fourth-order valence-corrected chi connectivity index (χ4v) is 0.986. The van der Waals surface area contributed by atoms with Gasteiger partial charge in [0, 0.05) is 0 Å². The highest BCUT2D eigenvalue weighted by atomic mass is 16.6. The van der Waals surface area contributed by atoms with E-state index in [1.807, 2.05) is 6.92 Å². The highest BCUT2D eigenvalue weighted by molar-refractivity contribution is 6.33. The van der Waals surface area contributed by atoms with Crippen LogP contribution >= 0.6 is 0 Å². The van der Waals surface area contributed by atoms with Gasteiger partial charge in [-0.3, -0.25) is 0 Å². The lowest BCUT2D eigenvalue weighted by Crippen LogP contribution is -2.20. The first-order valence-electron chi connectivity index (χ1n) is 3.81. The van der Waals surface area contributed by atoms with Crippen LogP contribution in [-0.4, -0.2) is 24.5 Å². The van der Waals surface area contributed by atoms with Crippen molar-refractivity contribution in [2.24, 2.45) is 0 Å². The molecule has 0 aromatic heterocycles. The highest BCUT2D eigenvalue weighted by Crippen LogP contribution is 2.27. The van der Waals surface area contributed by atoms with Gasteiger partial charge in [-0.2, -0.15) is 0 Å². The Morgan fingerprint density at radius 1 is 1.23 bits per heavy atom. The van der Waals surface area contributed by atoms with Crippen LogP contribution in [0, 0.1) is 6.92 Å². The van der Waals surface area contributed by atoms with Crippen LogP contribution in [0.3, 0.4) is 0 Å². The Bertz CT molecular complexity index is 287. The maximum absolute atomic E-state index is 8.57. The van der Waals surface area contributed by atoms with Crippen molar-refractivity contribution in [1.82, 2.24) is 0 Å². The van der Waals surface area contributed by atoms with Crippen LogP contribution in [0.5, 0.6) is 11.5 Å². The van der Waals surface area contributed by atoms with E-state index >= 15 is 0 Å². The van der Waals surface area contributed by atoms with Crippen molar-refractivity contribution in [3.63, 3.8) is 0 Å². The molecule has 5 heteroatoms. The van der Waals surface area contributed by atoms with Crippen molar-refractivity contribution in [2.45, 2.75) is 6.92 Å². The summed E-state index contributed by atoms with van der Waals surface area (Å²) in [4.78, 5) is 0. The zero-order valence-corrected chi connectivity index (χ0v) is 7.52. The van der Waals surface area contributed by atoms with Crippen molar-refractivity contribution in [1.29, 1.82) is 0 Å². The van der Waals surface area contributed by atoms with Gasteiger partial charge in [0.1, 0.15) is 5.75 Å². The molecule has 0 atom stereocenters. The van der Waals surface area contributed by atoms with Crippen LogP contribution in [0.1, 0.15) is 5.56 Å². The number of methoxy groups -OCH3 is 1. The zero-order valence-electron chi connectivity index (χ0n) is 7.52. The largest absolute Gasteiger partial charge is 0.707 e. The third-order valence-electron chi connectivity index (χ3n) is 1.55. The fourth-order valence-electron chi connectivity index (χ4n) is 0.986. The molecule has 0 amide bonds. The molecule has 0 saturated carbocycles. The second-order valence-electron chi connectivity index (χ2n) is 2.60. The van der Waals surface area contributed by atoms with Gasteiger partial charge in [-0.15, -0.1) is 0 Å². The Hall–Kier alpha value is -1.20. The van der Waals surface area contributed by atoms with E-state index in [1.165, 1.54) is 7.11 Å². The Morgan fingerprint density at radius 2 is 1.92 bits per heavy atom.